The van der Waals surface area contributed by atoms with E-state index in [1.807, 2.05) is 54.6 Å². The number of fused-ring (bicyclic) bond motifs is 1. The maximum Gasteiger partial charge on any atom is 0.223 e. The van der Waals surface area contributed by atoms with Crippen molar-refractivity contribution >= 4 is 5.91 Å². The van der Waals surface area contributed by atoms with Crippen molar-refractivity contribution in [1.29, 1.82) is 0 Å². The highest BCUT2D eigenvalue weighted by molar-refractivity contribution is 5.77. The molecule has 1 amide bonds. The number of amides is 1. The van der Waals surface area contributed by atoms with Gasteiger partial charge in [0.05, 0.1) is 12.7 Å². The van der Waals surface area contributed by atoms with Gasteiger partial charge in [-0.2, -0.15) is 0 Å². The summed E-state index contributed by atoms with van der Waals surface area (Å²) in [5, 5.41) is 11.7. The number of aryl methyl sites for hydroxylation is 1. The number of rotatable bonds is 5. The zero-order valence-corrected chi connectivity index (χ0v) is 17.2. The first kappa shape index (κ1) is 20.0. The predicted octanol–water partition coefficient (Wildman–Crippen LogP) is 4.31. The largest absolute Gasteiger partial charge is 0.496 e. The standard InChI is InChI=1S/C25H31NO3/c1-29-23-14-8-5-9-19(23)15-16-24(27)26-18-17-25(28,20-10-3-2-4-11-20)21-12-6-7-13-22(21)26/h2-5,8-11,14,21-22,28H,6-7,12-13,15-18H2,1H3/t21-,22?,25-/m1/s1. The molecule has 1 saturated heterocycles. The maximum atomic E-state index is 13.2. The number of carbonyl (C=O) groups excluding carboxylic acids is 1. The molecule has 1 heterocycles. The quantitative estimate of drug-likeness (QED) is 0.824. The Morgan fingerprint density at radius 2 is 1.83 bits per heavy atom. The highest BCUT2D eigenvalue weighted by atomic mass is 16.5. The number of likely N-dealkylation sites (tertiary alicyclic amines) is 1. The molecule has 1 aliphatic heterocycles. The lowest BCUT2D eigenvalue weighted by Crippen LogP contribution is -2.59. The summed E-state index contributed by atoms with van der Waals surface area (Å²) in [6.45, 7) is 0.622. The second-order valence-electron chi connectivity index (χ2n) is 8.40. The number of ether oxygens (including phenoxy) is 1. The van der Waals surface area contributed by atoms with Crippen LogP contribution in [0.2, 0.25) is 0 Å². The molecule has 0 spiro atoms. The molecule has 2 aliphatic rings. The molecule has 1 aliphatic carbocycles. The monoisotopic (exact) mass is 393 g/mol. The summed E-state index contributed by atoms with van der Waals surface area (Å²) in [6, 6.07) is 18.1. The Hall–Kier alpha value is -2.33. The van der Waals surface area contributed by atoms with Crippen LogP contribution in [0.1, 0.15) is 49.7 Å². The summed E-state index contributed by atoms with van der Waals surface area (Å²) in [4.78, 5) is 15.2. The molecule has 4 nitrogen and oxygen atoms in total. The van der Waals surface area contributed by atoms with Gasteiger partial charge in [0, 0.05) is 24.9 Å². The topological polar surface area (TPSA) is 49.8 Å². The molecular formula is C25H31NO3. The van der Waals surface area contributed by atoms with Gasteiger partial charge in [-0.15, -0.1) is 0 Å². The maximum absolute atomic E-state index is 13.2. The van der Waals surface area contributed by atoms with Gasteiger partial charge in [0.25, 0.3) is 0 Å². The number of para-hydroxylation sites is 1. The van der Waals surface area contributed by atoms with E-state index in [-0.39, 0.29) is 17.9 Å². The minimum absolute atomic E-state index is 0.114. The molecule has 2 aromatic rings. The molecule has 29 heavy (non-hydrogen) atoms. The third-order valence-electron chi connectivity index (χ3n) is 6.87. The third-order valence-corrected chi connectivity index (χ3v) is 6.87. The first-order valence-corrected chi connectivity index (χ1v) is 10.8. The predicted molar refractivity (Wildman–Crippen MR) is 114 cm³/mol. The van der Waals surface area contributed by atoms with Gasteiger partial charge in [-0.05, 0) is 42.9 Å². The average molecular weight is 394 g/mol. The number of benzene rings is 2. The summed E-state index contributed by atoms with van der Waals surface area (Å²) in [5.74, 6) is 1.15. The molecular weight excluding hydrogens is 362 g/mol. The summed E-state index contributed by atoms with van der Waals surface area (Å²) in [5.41, 5.74) is 1.24. The Balaban J connectivity index is 1.50. The Bertz CT molecular complexity index is 837. The van der Waals surface area contributed by atoms with Crippen LogP contribution in [0.15, 0.2) is 54.6 Å². The van der Waals surface area contributed by atoms with Gasteiger partial charge in [0.1, 0.15) is 5.75 Å². The van der Waals surface area contributed by atoms with Gasteiger partial charge < -0.3 is 14.7 Å². The second kappa shape index (κ2) is 8.58. The Morgan fingerprint density at radius 3 is 2.62 bits per heavy atom. The van der Waals surface area contributed by atoms with Gasteiger partial charge in [-0.1, -0.05) is 61.4 Å². The van der Waals surface area contributed by atoms with Crippen LogP contribution in [-0.4, -0.2) is 35.6 Å². The minimum atomic E-state index is -0.828. The fourth-order valence-corrected chi connectivity index (χ4v) is 5.37. The number of hydrogen-bond acceptors (Lipinski definition) is 3. The van der Waals surface area contributed by atoms with E-state index in [0.717, 1.165) is 42.6 Å². The zero-order chi connectivity index (χ0) is 20.3. The van der Waals surface area contributed by atoms with Crippen molar-refractivity contribution in [1.82, 2.24) is 4.90 Å². The fourth-order valence-electron chi connectivity index (χ4n) is 5.37. The first-order valence-electron chi connectivity index (χ1n) is 10.8. The summed E-state index contributed by atoms with van der Waals surface area (Å²) in [7, 11) is 1.67. The molecule has 2 fully saturated rings. The van der Waals surface area contributed by atoms with Crippen molar-refractivity contribution in [2.45, 2.75) is 56.6 Å². The molecule has 1 unspecified atom stereocenters. The molecule has 0 radical (unpaired) electrons. The number of hydrogen-bond donors (Lipinski definition) is 1. The van der Waals surface area contributed by atoms with Crippen LogP contribution in [0.25, 0.3) is 0 Å². The molecule has 2 aromatic carbocycles. The van der Waals surface area contributed by atoms with Gasteiger partial charge >= 0.3 is 0 Å². The van der Waals surface area contributed by atoms with Gasteiger partial charge in [0.2, 0.25) is 5.91 Å². The Labute approximate surface area is 173 Å². The molecule has 0 aromatic heterocycles. The van der Waals surface area contributed by atoms with Crippen LogP contribution in [0.5, 0.6) is 5.75 Å². The lowest BCUT2D eigenvalue weighted by molar-refractivity contribution is -0.154. The van der Waals surface area contributed by atoms with Crippen molar-refractivity contribution in [2.24, 2.45) is 5.92 Å². The van der Waals surface area contributed by atoms with Crippen LogP contribution in [0.4, 0.5) is 0 Å². The summed E-state index contributed by atoms with van der Waals surface area (Å²) in [6.07, 6.45) is 5.99. The summed E-state index contributed by atoms with van der Waals surface area (Å²) < 4.78 is 5.43. The van der Waals surface area contributed by atoms with Crippen LogP contribution in [0, 0.1) is 5.92 Å². The molecule has 0 bridgehead atoms. The van der Waals surface area contributed by atoms with E-state index in [1.165, 1.54) is 0 Å². The van der Waals surface area contributed by atoms with E-state index in [9.17, 15) is 9.90 Å². The van der Waals surface area contributed by atoms with E-state index in [0.29, 0.717) is 25.8 Å². The van der Waals surface area contributed by atoms with E-state index in [1.54, 1.807) is 7.11 Å². The third kappa shape index (κ3) is 3.91. The smallest absolute Gasteiger partial charge is 0.223 e. The van der Waals surface area contributed by atoms with Crippen molar-refractivity contribution in [3.63, 3.8) is 0 Å². The normalized spacial score (nSPS) is 26.6. The highest BCUT2D eigenvalue weighted by Crippen LogP contribution is 2.47. The van der Waals surface area contributed by atoms with E-state index >= 15 is 0 Å². The van der Waals surface area contributed by atoms with Crippen molar-refractivity contribution < 1.29 is 14.6 Å². The van der Waals surface area contributed by atoms with Crippen LogP contribution in [0.3, 0.4) is 0 Å². The molecule has 4 rings (SSSR count). The number of aliphatic hydroxyl groups is 1. The van der Waals surface area contributed by atoms with Crippen molar-refractivity contribution in [3.05, 3.63) is 65.7 Å². The highest BCUT2D eigenvalue weighted by Gasteiger charge is 2.50. The number of nitrogens with zero attached hydrogens (tertiary/aromatic N) is 1. The van der Waals surface area contributed by atoms with Crippen molar-refractivity contribution in [3.8, 4) is 5.75 Å². The zero-order valence-electron chi connectivity index (χ0n) is 17.2. The number of carbonyl (C=O) groups is 1. The molecule has 3 atom stereocenters. The van der Waals surface area contributed by atoms with Crippen LogP contribution < -0.4 is 4.74 Å². The summed E-state index contributed by atoms with van der Waals surface area (Å²) >= 11 is 0. The molecule has 1 N–H and O–H groups in total. The lowest BCUT2D eigenvalue weighted by atomic mass is 9.66. The van der Waals surface area contributed by atoms with Gasteiger partial charge in [0.15, 0.2) is 0 Å². The fraction of sp³-hybridized carbons (Fsp3) is 0.480. The minimum Gasteiger partial charge on any atom is -0.496 e. The Kier molecular flexibility index (Phi) is 5.91. The van der Waals surface area contributed by atoms with E-state index in [4.69, 9.17) is 4.74 Å². The van der Waals surface area contributed by atoms with E-state index in [2.05, 4.69) is 4.90 Å². The number of methoxy groups -OCH3 is 1. The SMILES string of the molecule is COc1ccccc1CCC(=O)N1CC[C@@](O)(c2ccccc2)[C@@H]2CCCCC21. The second-order valence-corrected chi connectivity index (χ2v) is 8.40. The van der Waals surface area contributed by atoms with E-state index < -0.39 is 5.60 Å². The average Bonchev–Trinajstić information content (AvgIpc) is 2.78. The van der Waals surface area contributed by atoms with Crippen molar-refractivity contribution in [2.75, 3.05) is 13.7 Å². The number of piperidine rings is 1. The lowest BCUT2D eigenvalue weighted by Gasteiger charge is -2.52. The molecule has 154 valence electrons. The molecule has 4 heteroatoms. The van der Waals surface area contributed by atoms with Gasteiger partial charge in [-0.25, -0.2) is 0 Å². The Morgan fingerprint density at radius 1 is 1.10 bits per heavy atom. The first-order chi connectivity index (χ1) is 14.1. The van der Waals surface area contributed by atoms with Gasteiger partial charge in [-0.3, -0.25) is 4.79 Å². The van der Waals surface area contributed by atoms with Crippen LogP contribution in [-0.2, 0) is 16.8 Å². The van der Waals surface area contributed by atoms with Crippen LogP contribution >= 0.6 is 0 Å². The molecule has 1 saturated carbocycles.